The van der Waals surface area contributed by atoms with Crippen LogP contribution >= 0.6 is 23.6 Å². The van der Waals surface area contributed by atoms with E-state index in [-0.39, 0.29) is 0 Å². The minimum atomic E-state index is 0.436. The van der Waals surface area contributed by atoms with Crippen LogP contribution in [0.3, 0.4) is 0 Å². The van der Waals surface area contributed by atoms with Crippen LogP contribution in [0.2, 0.25) is 0 Å². The Morgan fingerprint density at radius 1 is 1.04 bits per heavy atom. The summed E-state index contributed by atoms with van der Waals surface area (Å²) in [7, 11) is 0. The van der Waals surface area contributed by atoms with Crippen molar-refractivity contribution < 1.29 is 0 Å². The number of thiocarbonyl (C=S) groups is 1. The van der Waals surface area contributed by atoms with Crippen molar-refractivity contribution in [2.75, 3.05) is 5.32 Å². The first-order chi connectivity index (χ1) is 12.2. The Labute approximate surface area is 155 Å². The molecular formula is C19H14N4S2. The van der Waals surface area contributed by atoms with Crippen molar-refractivity contribution in [3.05, 3.63) is 77.2 Å². The molecule has 0 unspecified atom stereocenters. The molecule has 0 saturated carbocycles. The maximum Gasteiger partial charge on any atom is 0.191 e. The second kappa shape index (κ2) is 8.20. The Balaban J connectivity index is 1.58. The highest BCUT2D eigenvalue weighted by atomic mass is 32.1. The van der Waals surface area contributed by atoms with Gasteiger partial charge < -0.3 is 5.32 Å². The van der Waals surface area contributed by atoms with Crippen LogP contribution in [0, 0.1) is 11.3 Å². The highest BCUT2D eigenvalue weighted by Crippen LogP contribution is 2.27. The normalized spacial score (nSPS) is 10.4. The first-order valence-electron chi connectivity index (χ1n) is 7.50. The van der Waals surface area contributed by atoms with Gasteiger partial charge in [-0.15, -0.1) is 11.3 Å². The van der Waals surface area contributed by atoms with E-state index in [0.717, 1.165) is 21.0 Å². The minimum absolute atomic E-state index is 0.436. The molecule has 0 bridgehead atoms. The first kappa shape index (κ1) is 16.8. The molecule has 0 aliphatic rings. The lowest BCUT2D eigenvalue weighted by Gasteiger charge is -2.05. The van der Waals surface area contributed by atoms with Gasteiger partial charge in [-0.25, -0.2) is 0 Å². The van der Waals surface area contributed by atoms with Gasteiger partial charge in [-0.3, -0.25) is 5.43 Å². The van der Waals surface area contributed by atoms with E-state index in [1.54, 1.807) is 17.6 Å². The molecule has 0 atom stereocenters. The van der Waals surface area contributed by atoms with Crippen molar-refractivity contribution in [1.29, 1.82) is 5.26 Å². The summed E-state index contributed by atoms with van der Waals surface area (Å²) in [5.41, 5.74) is 5.46. The summed E-state index contributed by atoms with van der Waals surface area (Å²) in [4.78, 5) is 2.13. The quantitative estimate of drug-likeness (QED) is 0.404. The third-order valence-electron chi connectivity index (χ3n) is 3.31. The van der Waals surface area contributed by atoms with Crippen molar-refractivity contribution >= 4 is 40.6 Å². The SMILES string of the molecule is N#Cc1ccc(-c2ccc(/C=N/NC(=S)Nc3ccccc3)s2)cc1. The average Bonchev–Trinajstić information content (AvgIpc) is 3.11. The Kier molecular flexibility index (Phi) is 5.52. The van der Waals surface area contributed by atoms with Crippen LogP contribution in [0.4, 0.5) is 5.69 Å². The molecule has 122 valence electrons. The van der Waals surface area contributed by atoms with E-state index in [2.05, 4.69) is 21.9 Å². The van der Waals surface area contributed by atoms with E-state index < -0.39 is 0 Å². The number of nitriles is 1. The number of nitrogens with one attached hydrogen (secondary N) is 2. The number of anilines is 1. The number of para-hydroxylation sites is 1. The number of hydrogen-bond acceptors (Lipinski definition) is 4. The van der Waals surface area contributed by atoms with Gasteiger partial charge in [0.25, 0.3) is 0 Å². The average molecular weight is 362 g/mol. The van der Waals surface area contributed by atoms with Crippen molar-refractivity contribution in [2.45, 2.75) is 0 Å². The summed E-state index contributed by atoms with van der Waals surface area (Å²) in [5.74, 6) is 0. The molecule has 0 aliphatic carbocycles. The summed E-state index contributed by atoms with van der Waals surface area (Å²) in [5, 5.41) is 16.5. The van der Waals surface area contributed by atoms with Crippen LogP contribution in [0.15, 0.2) is 71.8 Å². The molecule has 4 nitrogen and oxygen atoms in total. The second-order valence-electron chi connectivity index (χ2n) is 5.08. The Morgan fingerprint density at radius 3 is 2.52 bits per heavy atom. The molecule has 3 aromatic rings. The van der Waals surface area contributed by atoms with Gasteiger partial charge in [0.15, 0.2) is 5.11 Å². The highest BCUT2D eigenvalue weighted by molar-refractivity contribution is 7.80. The zero-order chi connectivity index (χ0) is 17.5. The number of nitrogens with zero attached hydrogens (tertiary/aromatic N) is 2. The zero-order valence-corrected chi connectivity index (χ0v) is 14.8. The van der Waals surface area contributed by atoms with Gasteiger partial charge in [0.2, 0.25) is 0 Å². The molecule has 3 rings (SSSR count). The van der Waals surface area contributed by atoms with E-state index in [1.807, 2.05) is 66.7 Å². The van der Waals surface area contributed by atoms with E-state index >= 15 is 0 Å². The molecule has 2 N–H and O–H groups in total. The smallest absolute Gasteiger partial charge is 0.191 e. The van der Waals surface area contributed by atoms with E-state index in [0.29, 0.717) is 10.7 Å². The maximum absolute atomic E-state index is 8.85. The predicted octanol–water partition coefficient (Wildman–Crippen LogP) is 4.61. The molecule has 0 saturated heterocycles. The van der Waals surface area contributed by atoms with Gasteiger partial charge in [-0.2, -0.15) is 10.4 Å². The first-order valence-corrected chi connectivity index (χ1v) is 8.72. The highest BCUT2D eigenvalue weighted by Gasteiger charge is 2.02. The standard InChI is InChI=1S/C19H14N4S2/c20-12-14-6-8-15(9-7-14)18-11-10-17(25-18)13-21-23-19(24)22-16-4-2-1-3-5-16/h1-11,13H,(H2,22,23,24)/b21-13+. The minimum Gasteiger partial charge on any atom is -0.331 e. The summed E-state index contributed by atoms with van der Waals surface area (Å²) < 4.78 is 0. The zero-order valence-electron chi connectivity index (χ0n) is 13.1. The number of rotatable bonds is 4. The molecule has 0 amide bonds. The van der Waals surface area contributed by atoms with Gasteiger partial charge in [0.05, 0.1) is 17.8 Å². The van der Waals surface area contributed by atoms with Crippen molar-refractivity contribution in [3.63, 3.8) is 0 Å². The van der Waals surface area contributed by atoms with Crippen LogP contribution in [0.5, 0.6) is 0 Å². The van der Waals surface area contributed by atoms with Gasteiger partial charge in [0, 0.05) is 15.4 Å². The molecule has 0 radical (unpaired) electrons. The van der Waals surface area contributed by atoms with Crippen LogP contribution in [-0.4, -0.2) is 11.3 Å². The van der Waals surface area contributed by atoms with Crippen molar-refractivity contribution in [1.82, 2.24) is 5.43 Å². The lowest BCUT2D eigenvalue weighted by molar-refractivity contribution is 1.05. The molecule has 2 aromatic carbocycles. The molecule has 0 spiro atoms. The predicted molar refractivity (Wildman–Crippen MR) is 108 cm³/mol. The summed E-state index contributed by atoms with van der Waals surface area (Å²) >= 11 is 6.82. The maximum atomic E-state index is 8.85. The van der Waals surface area contributed by atoms with E-state index in [1.165, 1.54) is 0 Å². The third-order valence-corrected chi connectivity index (χ3v) is 4.58. The second-order valence-corrected chi connectivity index (χ2v) is 6.60. The van der Waals surface area contributed by atoms with Crippen molar-refractivity contribution in [2.24, 2.45) is 5.10 Å². The molecule has 25 heavy (non-hydrogen) atoms. The van der Waals surface area contributed by atoms with E-state index in [4.69, 9.17) is 17.5 Å². The number of hydrazone groups is 1. The largest absolute Gasteiger partial charge is 0.331 e. The molecular weight excluding hydrogens is 348 g/mol. The fourth-order valence-corrected chi connectivity index (χ4v) is 3.18. The lowest BCUT2D eigenvalue weighted by atomic mass is 10.1. The fraction of sp³-hybridized carbons (Fsp3) is 0. The number of thiophene rings is 1. The van der Waals surface area contributed by atoms with E-state index in [9.17, 15) is 0 Å². The monoisotopic (exact) mass is 362 g/mol. The lowest BCUT2D eigenvalue weighted by Crippen LogP contribution is -2.23. The van der Waals surface area contributed by atoms with Crippen LogP contribution in [-0.2, 0) is 0 Å². The third kappa shape index (κ3) is 4.73. The molecule has 6 heteroatoms. The molecule has 1 heterocycles. The number of benzene rings is 2. The fourth-order valence-electron chi connectivity index (χ4n) is 2.12. The van der Waals surface area contributed by atoms with Gasteiger partial charge in [0.1, 0.15) is 0 Å². The Morgan fingerprint density at radius 2 is 1.80 bits per heavy atom. The number of hydrogen-bond donors (Lipinski definition) is 2. The van der Waals surface area contributed by atoms with Crippen LogP contribution < -0.4 is 10.7 Å². The molecule has 1 aromatic heterocycles. The Hall–Kier alpha value is -3.01. The van der Waals surface area contributed by atoms with Crippen LogP contribution in [0.1, 0.15) is 10.4 Å². The van der Waals surface area contributed by atoms with Gasteiger partial charge in [-0.1, -0.05) is 30.3 Å². The van der Waals surface area contributed by atoms with Crippen LogP contribution in [0.25, 0.3) is 10.4 Å². The summed E-state index contributed by atoms with van der Waals surface area (Å²) in [6, 6.07) is 23.4. The van der Waals surface area contributed by atoms with Gasteiger partial charge >= 0.3 is 0 Å². The summed E-state index contributed by atoms with van der Waals surface area (Å²) in [6.07, 6.45) is 1.73. The summed E-state index contributed by atoms with van der Waals surface area (Å²) in [6.45, 7) is 0. The molecule has 0 aliphatic heterocycles. The van der Waals surface area contributed by atoms with Crippen molar-refractivity contribution in [3.8, 4) is 16.5 Å². The Bertz CT molecular complexity index is 922. The van der Waals surface area contributed by atoms with Gasteiger partial charge in [-0.05, 0) is 54.2 Å². The topological polar surface area (TPSA) is 60.2 Å². The molecule has 0 fully saturated rings.